The van der Waals surface area contributed by atoms with Crippen molar-refractivity contribution in [2.45, 2.75) is 50.6 Å². The summed E-state index contributed by atoms with van der Waals surface area (Å²) in [6.07, 6.45) is 2.36. The molecule has 0 bridgehead atoms. The molecule has 4 nitrogen and oxygen atoms in total. The molecule has 0 heterocycles. The lowest BCUT2D eigenvalue weighted by molar-refractivity contribution is -0.139. The third-order valence-electron chi connectivity index (χ3n) is 5.75. The highest BCUT2D eigenvalue weighted by Gasteiger charge is 2.30. The van der Waals surface area contributed by atoms with Gasteiger partial charge in [0.1, 0.15) is 6.04 Å². The van der Waals surface area contributed by atoms with Crippen molar-refractivity contribution >= 4 is 35.2 Å². The highest BCUT2D eigenvalue weighted by molar-refractivity contribution is 8.00. The SMILES string of the molecule is CCCCNC(=O)[C@H](Cc1ccccc1)N(Cc1ccc(C)cc1)C(=O)CSc1ccc(Cl)cc1. The molecule has 3 rings (SSSR count). The van der Waals surface area contributed by atoms with E-state index in [4.69, 9.17) is 11.6 Å². The molecule has 6 heteroatoms. The Bertz CT molecular complexity index is 1070. The van der Waals surface area contributed by atoms with Gasteiger partial charge in [0.05, 0.1) is 5.75 Å². The van der Waals surface area contributed by atoms with Crippen LogP contribution in [0.4, 0.5) is 0 Å². The molecular weight excluding hydrogens is 476 g/mol. The first-order valence-corrected chi connectivity index (χ1v) is 13.4. The Labute approximate surface area is 218 Å². The Morgan fingerprint density at radius 2 is 1.63 bits per heavy atom. The maximum atomic E-state index is 13.6. The van der Waals surface area contributed by atoms with E-state index in [9.17, 15) is 9.59 Å². The number of thioether (sulfide) groups is 1. The van der Waals surface area contributed by atoms with E-state index < -0.39 is 6.04 Å². The van der Waals surface area contributed by atoms with Crippen LogP contribution in [0.3, 0.4) is 0 Å². The molecule has 0 unspecified atom stereocenters. The molecule has 0 fully saturated rings. The largest absolute Gasteiger partial charge is 0.354 e. The van der Waals surface area contributed by atoms with Gasteiger partial charge in [0.15, 0.2) is 0 Å². The monoisotopic (exact) mass is 508 g/mol. The van der Waals surface area contributed by atoms with Crippen LogP contribution in [0.1, 0.15) is 36.5 Å². The van der Waals surface area contributed by atoms with Crippen molar-refractivity contribution in [3.05, 3.63) is 101 Å². The minimum Gasteiger partial charge on any atom is -0.354 e. The molecule has 0 saturated carbocycles. The quantitative estimate of drug-likeness (QED) is 0.231. The number of aryl methyl sites for hydroxylation is 1. The number of hydrogen-bond acceptors (Lipinski definition) is 3. The zero-order chi connectivity index (χ0) is 25.0. The average molecular weight is 509 g/mol. The van der Waals surface area contributed by atoms with Gasteiger partial charge in [0, 0.05) is 29.4 Å². The molecule has 0 aliphatic heterocycles. The summed E-state index contributed by atoms with van der Waals surface area (Å²) in [5.74, 6) is 0.0532. The summed E-state index contributed by atoms with van der Waals surface area (Å²) in [6.45, 7) is 5.11. The fraction of sp³-hybridized carbons (Fsp3) is 0.310. The van der Waals surface area contributed by atoms with Crippen LogP contribution < -0.4 is 5.32 Å². The van der Waals surface area contributed by atoms with E-state index in [1.807, 2.05) is 85.8 Å². The second-order valence-corrected chi connectivity index (χ2v) is 10.1. The zero-order valence-corrected chi connectivity index (χ0v) is 21.9. The molecular formula is C29H33ClN2O2S. The van der Waals surface area contributed by atoms with Crippen molar-refractivity contribution in [1.82, 2.24) is 10.2 Å². The Morgan fingerprint density at radius 1 is 0.943 bits per heavy atom. The van der Waals surface area contributed by atoms with E-state index in [0.29, 0.717) is 24.5 Å². The van der Waals surface area contributed by atoms with E-state index in [1.165, 1.54) is 11.8 Å². The Balaban J connectivity index is 1.86. The number of nitrogens with zero attached hydrogens (tertiary/aromatic N) is 1. The number of benzene rings is 3. The summed E-state index contributed by atoms with van der Waals surface area (Å²) < 4.78 is 0. The van der Waals surface area contributed by atoms with Crippen LogP contribution in [0.15, 0.2) is 83.8 Å². The minimum atomic E-state index is -0.603. The molecule has 0 radical (unpaired) electrons. The molecule has 0 spiro atoms. The first-order chi connectivity index (χ1) is 17.0. The lowest BCUT2D eigenvalue weighted by atomic mass is 10.0. The number of nitrogens with one attached hydrogen (secondary N) is 1. The zero-order valence-electron chi connectivity index (χ0n) is 20.4. The first-order valence-electron chi connectivity index (χ1n) is 12.0. The van der Waals surface area contributed by atoms with Gasteiger partial charge in [0.25, 0.3) is 0 Å². The number of carbonyl (C=O) groups is 2. The molecule has 0 aliphatic rings. The van der Waals surface area contributed by atoms with Crippen LogP contribution in [-0.4, -0.2) is 35.1 Å². The number of unbranched alkanes of at least 4 members (excludes halogenated alkanes) is 1. The van der Waals surface area contributed by atoms with Gasteiger partial charge in [-0.25, -0.2) is 0 Å². The van der Waals surface area contributed by atoms with Crippen LogP contribution >= 0.6 is 23.4 Å². The van der Waals surface area contributed by atoms with Gasteiger partial charge in [-0.3, -0.25) is 9.59 Å². The van der Waals surface area contributed by atoms with Gasteiger partial charge in [0.2, 0.25) is 11.8 Å². The summed E-state index contributed by atoms with van der Waals surface area (Å²) in [5, 5.41) is 3.72. The molecule has 184 valence electrons. The summed E-state index contributed by atoms with van der Waals surface area (Å²) >= 11 is 7.46. The predicted molar refractivity (Wildman–Crippen MR) is 146 cm³/mol. The molecule has 0 saturated heterocycles. The number of carbonyl (C=O) groups excluding carboxylic acids is 2. The second-order valence-electron chi connectivity index (χ2n) is 8.60. The van der Waals surface area contributed by atoms with Crippen LogP contribution in [0.25, 0.3) is 0 Å². The minimum absolute atomic E-state index is 0.0721. The fourth-order valence-corrected chi connectivity index (χ4v) is 4.62. The molecule has 35 heavy (non-hydrogen) atoms. The third kappa shape index (κ3) is 8.75. The summed E-state index contributed by atoms with van der Waals surface area (Å²) in [4.78, 5) is 29.7. The highest BCUT2D eigenvalue weighted by atomic mass is 35.5. The Kier molecular flexibility index (Phi) is 10.7. The lowest BCUT2D eigenvalue weighted by Gasteiger charge is -2.31. The van der Waals surface area contributed by atoms with E-state index in [0.717, 1.165) is 34.4 Å². The van der Waals surface area contributed by atoms with Gasteiger partial charge in [-0.1, -0.05) is 85.1 Å². The van der Waals surface area contributed by atoms with Crippen molar-refractivity contribution in [2.24, 2.45) is 0 Å². The van der Waals surface area contributed by atoms with Crippen LogP contribution in [0.2, 0.25) is 5.02 Å². The standard InChI is InChI=1S/C29H33ClN2O2S/c1-3-4-18-31-29(34)27(19-23-8-6-5-7-9-23)32(20-24-12-10-22(2)11-13-24)28(33)21-35-26-16-14-25(30)15-17-26/h5-17,27H,3-4,18-21H2,1-2H3,(H,31,34)/t27-/m0/s1. The topological polar surface area (TPSA) is 49.4 Å². The highest BCUT2D eigenvalue weighted by Crippen LogP contribution is 2.23. The van der Waals surface area contributed by atoms with Crippen LogP contribution in [0.5, 0.6) is 0 Å². The van der Waals surface area contributed by atoms with E-state index in [-0.39, 0.29) is 17.6 Å². The maximum Gasteiger partial charge on any atom is 0.243 e. The number of hydrogen-bond donors (Lipinski definition) is 1. The summed E-state index contributed by atoms with van der Waals surface area (Å²) in [5.41, 5.74) is 3.18. The molecule has 0 aliphatic carbocycles. The Morgan fingerprint density at radius 3 is 2.29 bits per heavy atom. The first kappa shape index (κ1) is 26.8. The van der Waals surface area contributed by atoms with Gasteiger partial charge in [-0.05, 0) is 48.7 Å². The molecule has 0 aromatic heterocycles. The molecule has 1 atom stereocenters. The molecule has 3 aromatic rings. The maximum absolute atomic E-state index is 13.6. The fourth-order valence-electron chi connectivity index (χ4n) is 3.71. The van der Waals surface area contributed by atoms with Gasteiger partial charge < -0.3 is 10.2 Å². The molecule has 2 amide bonds. The molecule has 3 aromatic carbocycles. The third-order valence-corrected chi connectivity index (χ3v) is 7.00. The Hall–Kier alpha value is -2.76. The van der Waals surface area contributed by atoms with E-state index >= 15 is 0 Å². The second kappa shape index (κ2) is 14.0. The normalized spacial score (nSPS) is 11.6. The number of rotatable bonds is 12. The number of halogens is 1. The van der Waals surface area contributed by atoms with Crippen molar-refractivity contribution in [3.63, 3.8) is 0 Å². The smallest absolute Gasteiger partial charge is 0.243 e. The predicted octanol–water partition coefficient (Wildman–Crippen LogP) is 6.30. The summed E-state index contributed by atoms with van der Waals surface area (Å²) in [6, 6.07) is 24.9. The summed E-state index contributed by atoms with van der Waals surface area (Å²) in [7, 11) is 0. The number of amides is 2. The van der Waals surface area contributed by atoms with Crippen molar-refractivity contribution in [3.8, 4) is 0 Å². The van der Waals surface area contributed by atoms with Crippen LogP contribution in [0, 0.1) is 6.92 Å². The average Bonchev–Trinajstić information content (AvgIpc) is 2.87. The molecule has 1 N–H and O–H groups in total. The van der Waals surface area contributed by atoms with Crippen molar-refractivity contribution in [2.75, 3.05) is 12.3 Å². The van der Waals surface area contributed by atoms with Crippen LogP contribution in [-0.2, 0) is 22.6 Å². The van der Waals surface area contributed by atoms with E-state index in [2.05, 4.69) is 12.2 Å². The lowest BCUT2D eigenvalue weighted by Crippen LogP contribution is -2.51. The van der Waals surface area contributed by atoms with Gasteiger partial charge >= 0.3 is 0 Å². The van der Waals surface area contributed by atoms with Crippen molar-refractivity contribution < 1.29 is 9.59 Å². The van der Waals surface area contributed by atoms with Crippen molar-refractivity contribution in [1.29, 1.82) is 0 Å². The van der Waals surface area contributed by atoms with Gasteiger partial charge in [-0.2, -0.15) is 0 Å². The van der Waals surface area contributed by atoms with E-state index in [1.54, 1.807) is 4.90 Å². The van der Waals surface area contributed by atoms with Gasteiger partial charge in [-0.15, -0.1) is 11.8 Å².